The molecule has 0 aliphatic carbocycles. The minimum absolute atomic E-state index is 0.237. The van der Waals surface area contributed by atoms with Crippen molar-refractivity contribution < 1.29 is 16.8 Å². The second-order valence-corrected chi connectivity index (χ2v) is 6.12. The Morgan fingerprint density at radius 1 is 1.08 bits per heavy atom. The highest BCUT2D eigenvalue weighted by molar-refractivity contribution is 8.03. The van der Waals surface area contributed by atoms with E-state index in [4.69, 9.17) is 0 Å². The lowest BCUT2D eigenvalue weighted by atomic mass is 10.7. The van der Waals surface area contributed by atoms with Crippen LogP contribution >= 0.6 is 0 Å². The van der Waals surface area contributed by atoms with Gasteiger partial charge in [-0.3, -0.25) is 0 Å². The molecule has 0 bridgehead atoms. The minimum Gasteiger partial charge on any atom is -0.212 e. The van der Waals surface area contributed by atoms with Gasteiger partial charge in [0.2, 0.25) is 10.0 Å². The molecular weight excluding hydrogens is 216 g/mol. The molecule has 0 saturated carbocycles. The average molecular weight is 230 g/mol. The summed E-state index contributed by atoms with van der Waals surface area (Å²) in [5.74, 6) is 0. The standard InChI is InChI=1S/C5H14N2O4S2/c1-4-7(5-2)13(10,11)6-12(3,8)9/h6H,4-5H2,1-3H3. The zero-order valence-corrected chi connectivity index (χ0v) is 9.44. The molecule has 0 unspecified atom stereocenters. The van der Waals surface area contributed by atoms with Gasteiger partial charge in [-0.2, -0.15) is 12.7 Å². The lowest BCUT2D eigenvalue weighted by molar-refractivity contribution is 0.442. The molecule has 0 atom stereocenters. The van der Waals surface area contributed by atoms with Crippen molar-refractivity contribution in [3.63, 3.8) is 0 Å². The van der Waals surface area contributed by atoms with Gasteiger partial charge in [-0.05, 0) is 0 Å². The van der Waals surface area contributed by atoms with Gasteiger partial charge in [0.15, 0.2) is 0 Å². The zero-order chi connectivity index (χ0) is 10.7. The molecular formula is C5H14N2O4S2. The number of sulfonamides is 1. The van der Waals surface area contributed by atoms with Gasteiger partial charge in [0, 0.05) is 13.1 Å². The van der Waals surface area contributed by atoms with E-state index < -0.39 is 20.2 Å². The monoisotopic (exact) mass is 230 g/mol. The van der Waals surface area contributed by atoms with E-state index in [0.29, 0.717) is 0 Å². The van der Waals surface area contributed by atoms with Crippen molar-refractivity contribution in [2.45, 2.75) is 13.8 Å². The quantitative estimate of drug-likeness (QED) is 0.665. The maximum atomic E-state index is 11.2. The second kappa shape index (κ2) is 4.36. The molecule has 8 heteroatoms. The van der Waals surface area contributed by atoms with Crippen molar-refractivity contribution in [1.82, 2.24) is 8.43 Å². The molecule has 0 aliphatic heterocycles. The summed E-state index contributed by atoms with van der Waals surface area (Å²) in [7, 11) is -7.61. The predicted molar refractivity (Wildman–Crippen MR) is 49.8 cm³/mol. The fourth-order valence-electron chi connectivity index (χ4n) is 0.808. The highest BCUT2D eigenvalue weighted by Crippen LogP contribution is 1.97. The Hall–Kier alpha value is -0.180. The molecule has 0 fully saturated rings. The van der Waals surface area contributed by atoms with E-state index in [2.05, 4.69) is 0 Å². The first-order valence-corrected chi connectivity index (χ1v) is 7.04. The van der Waals surface area contributed by atoms with Crippen LogP contribution in [-0.4, -0.2) is 40.5 Å². The first-order valence-electron chi connectivity index (χ1n) is 3.71. The molecule has 13 heavy (non-hydrogen) atoms. The van der Waals surface area contributed by atoms with Crippen LogP contribution in [-0.2, 0) is 20.2 Å². The molecule has 0 saturated heterocycles. The molecule has 80 valence electrons. The number of nitrogens with zero attached hydrogens (tertiary/aromatic N) is 1. The third-order valence-electron chi connectivity index (χ3n) is 1.30. The first-order chi connectivity index (χ1) is 5.73. The normalized spacial score (nSPS) is 13.5. The van der Waals surface area contributed by atoms with Crippen LogP contribution in [0, 0.1) is 0 Å². The summed E-state index contributed by atoms with van der Waals surface area (Å²) in [5.41, 5.74) is 0. The molecule has 0 aromatic rings. The maximum Gasteiger partial charge on any atom is 0.292 e. The van der Waals surface area contributed by atoms with Crippen LogP contribution in [0.3, 0.4) is 0 Å². The highest BCUT2D eigenvalue weighted by Gasteiger charge is 2.22. The Balaban J connectivity index is 4.78. The molecule has 6 nitrogen and oxygen atoms in total. The molecule has 0 aliphatic rings. The van der Waals surface area contributed by atoms with Crippen molar-refractivity contribution in [2.24, 2.45) is 0 Å². The molecule has 0 aromatic heterocycles. The third kappa shape index (κ3) is 4.55. The molecule has 0 heterocycles. The molecule has 0 amide bonds. The van der Waals surface area contributed by atoms with Crippen LogP contribution in [0.4, 0.5) is 0 Å². The Labute approximate surface area is 79.2 Å². The largest absolute Gasteiger partial charge is 0.292 e. The van der Waals surface area contributed by atoms with Crippen LogP contribution in [0.1, 0.15) is 13.8 Å². The van der Waals surface area contributed by atoms with E-state index in [9.17, 15) is 16.8 Å². The van der Waals surface area contributed by atoms with E-state index in [1.807, 2.05) is 0 Å². The van der Waals surface area contributed by atoms with E-state index in [0.717, 1.165) is 10.6 Å². The second-order valence-electron chi connectivity index (χ2n) is 2.44. The van der Waals surface area contributed by atoms with Gasteiger partial charge in [-0.25, -0.2) is 8.42 Å². The van der Waals surface area contributed by atoms with Gasteiger partial charge >= 0.3 is 0 Å². The van der Waals surface area contributed by atoms with Gasteiger partial charge in [-0.15, -0.1) is 0 Å². The third-order valence-corrected chi connectivity index (χ3v) is 4.55. The fourth-order valence-corrected chi connectivity index (χ4v) is 3.44. The summed E-state index contributed by atoms with van der Waals surface area (Å²) in [5, 5.41) is 0. The Morgan fingerprint density at radius 2 is 1.46 bits per heavy atom. The van der Waals surface area contributed by atoms with E-state index >= 15 is 0 Å². The van der Waals surface area contributed by atoms with Crippen molar-refractivity contribution >= 4 is 20.2 Å². The van der Waals surface area contributed by atoms with Crippen LogP contribution in [0.25, 0.3) is 0 Å². The van der Waals surface area contributed by atoms with Crippen LogP contribution < -0.4 is 4.13 Å². The highest BCUT2D eigenvalue weighted by atomic mass is 32.3. The molecule has 0 rings (SSSR count). The number of hydrogen-bond acceptors (Lipinski definition) is 4. The van der Waals surface area contributed by atoms with E-state index in [1.165, 1.54) is 0 Å². The van der Waals surface area contributed by atoms with Crippen LogP contribution in [0.5, 0.6) is 0 Å². The van der Waals surface area contributed by atoms with Gasteiger partial charge in [0.05, 0.1) is 6.26 Å². The molecule has 0 aromatic carbocycles. The van der Waals surface area contributed by atoms with Crippen molar-refractivity contribution in [3.05, 3.63) is 0 Å². The Bertz CT molecular complexity index is 341. The Kier molecular flexibility index (Phi) is 4.30. The van der Waals surface area contributed by atoms with Gasteiger partial charge in [0.25, 0.3) is 10.2 Å². The average Bonchev–Trinajstić information content (AvgIpc) is 1.83. The summed E-state index contributed by atoms with van der Waals surface area (Å²) in [4.78, 5) is 0. The molecule has 1 N–H and O–H groups in total. The Morgan fingerprint density at radius 3 is 1.69 bits per heavy atom. The fraction of sp³-hybridized carbons (Fsp3) is 1.00. The summed E-state index contributed by atoms with van der Waals surface area (Å²) < 4.78 is 46.4. The summed E-state index contributed by atoms with van der Waals surface area (Å²) in [6.07, 6.45) is 0.800. The summed E-state index contributed by atoms with van der Waals surface area (Å²) >= 11 is 0. The maximum absolute atomic E-state index is 11.2. The number of nitrogens with one attached hydrogen (secondary N) is 1. The lowest BCUT2D eigenvalue weighted by Gasteiger charge is -2.17. The summed E-state index contributed by atoms with van der Waals surface area (Å²) in [6.45, 7) is 3.73. The lowest BCUT2D eigenvalue weighted by Crippen LogP contribution is -2.42. The van der Waals surface area contributed by atoms with E-state index in [1.54, 1.807) is 18.0 Å². The predicted octanol–water partition coefficient (Wildman–Crippen LogP) is -0.878. The van der Waals surface area contributed by atoms with Crippen molar-refractivity contribution in [1.29, 1.82) is 0 Å². The van der Waals surface area contributed by atoms with E-state index in [-0.39, 0.29) is 13.1 Å². The number of hydrogen-bond donors (Lipinski definition) is 1. The van der Waals surface area contributed by atoms with Gasteiger partial charge < -0.3 is 0 Å². The summed E-state index contributed by atoms with van der Waals surface area (Å²) in [6, 6.07) is 0. The topological polar surface area (TPSA) is 83.6 Å². The smallest absolute Gasteiger partial charge is 0.212 e. The van der Waals surface area contributed by atoms with Crippen LogP contribution in [0.2, 0.25) is 0 Å². The molecule has 0 spiro atoms. The first kappa shape index (κ1) is 12.8. The minimum atomic E-state index is -3.88. The molecule has 0 radical (unpaired) electrons. The SMILES string of the molecule is CCN(CC)S(=O)(=O)NS(C)(=O)=O. The van der Waals surface area contributed by atoms with Crippen LogP contribution in [0.15, 0.2) is 0 Å². The van der Waals surface area contributed by atoms with Crippen molar-refractivity contribution in [3.8, 4) is 0 Å². The van der Waals surface area contributed by atoms with Gasteiger partial charge in [0.1, 0.15) is 0 Å². The number of rotatable bonds is 5. The van der Waals surface area contributed by atoms with Crippen molar-refractivity contribution in [2.75, 3.05) is 19.3 Å². The zero-order valence-electron chi connectivity index (χ0n) is 7.81. The van der Waals surface area contributed by atoms with Gasteiger partial charge in [-0.1, -0.05) is 18.0 Å².